The smallest absolute Gasteiger partial charge is 0.240 e. The predicted octanol–water partition coefficient (Wildman–Crippen LogP) is 2.67. The summed E-state index contributed by atoms with van der Waals surface area (Å²) in [5, 5.41) is 0. The number of methoxy groups -OCH3 is 1. The Hall–Kier alpha value is -2.05. The molecule has 2 rings (SSSR count). The summed E-state index contributed by atoms with van der Waals surface area (Å²) in [7, 11) is -1.93. The molecule has 124 valence electrons. The first-order chi connectivity index (χ1) is 10.9. The summed E-state index contributed by atoms with van der Waals surface area (Å²) in [6.45, 7) is 4.09. The number of benzene rings is 2. The van der Waals surface area contributed by atoms with Gasteiger partial charge in [0.05, 0.1) is 12.0 Å². The number of nitrogens with one attached hydrogen (secondary N) is 1. The summed E-state index contributed by atoms with van der Waals surface area (Å²) < 4.78 is 37.8. The van der Waals surface area contributed by atoms with Crippen molar-refractivity contribution in [1.82, 2.24) is 4.72 Å². The van der Waals surface area contributed by atoms with Crippen LogP contribution < -0.4 is 14.2 Å². The normalized spacial score (nSPS) is 11.3. The zero-order valence-electron chi connectivity index (χ0n) is 13.5. The Morgan fingerprint density at radius 1 is 1.00 bits per heavy atom. The van der Waals surface area contributed by atoms with Crippen molar-refractivity contribution in [2.45, 2.75) is 18.7 Å². The SMILES string of the molecule is COc1ccc(OCCNS(=O)(=O)c2cc(C)ccc2C)cc1. The van der Waals surface area contributed by atoms with Crippen LogP contribution in [0.5, 0.6) is 11.5 Å². The highest BCUT2D eigenvalue weighted by molar-refractivity contribution is 7.89. The van der Waals surface area contributed by atoms with Crippen LogP contribution in [0, 0.1) is 13.8 Å². The lowest BCUT2D eigenvalue weighted by Crippen LogP contribution is -2.28. The van der Waals surface area contributed by atoms with E-state index in [2.05, 4.69) is 4.72 Å². The minimum absolute atomic E-state index is 0.196. The molecule has 2 aromatic carbocycles. The van der Waals surface area contributed by atoms with Gasteiger partial charge >= 0.3 is 0 Å². The Balaban J connectivity index is 1.90. The molecule has 0 radical (unpaired) electrons. The van der Waals surface area contributed by atoms with Crippen LogP contribution in [0.4, 0.5) is 0 Å². The molecule has 2 aromatic rings. The predicted molar refractivity (Wildman–Crippen MR) is 89.6 cm³/mol. The van der Waals surface area contributed by atoms with E-state index in [1.807, 2.05) is 13.0 Å². The van der Waals surface area contributed by atoms with Gasteiger partial charge in [0.15, 0.2) is 0 Å². The van der Waals surface area contributed by atoms with Gasteiger partial charge in [0.25, 0.3) is 0 Å². The van der Waals surface area contributed by atoms with E-state index in [1.165, 1.54) is 0 Å². The van der Waals surface area contributed by atoms with E-state index in [9.17, 15) is 8.42 Å². The minimum atomic E-state index is -3.53. The van der Waals surface area contributed by atoms with Crippen LogP contribution >= 0.6 is 0 Å². The lowest BCUT2D eigenvalue weighted by molar-refractivity contribution is 0.322. The van der Waals surface area contributed by atoms with E-state index < -0.39 is 10.0 Å². The molecular formula is C17H21NO4S. The Kier molecular flexibility index (Phi) is 5.63. The Bertz CT molecular complexity index is 755. The molecule has 0 aliphatic rings. The second-order valence-electron chi connectivity index (χ2n) is 5.19. The largest absolute Gasteiger partial charge is 0.497 e. The van der Waals surface area contributed by atoms with E-state index in [0.717, 1.165) is 16.9 Å². The summed E-state index contributed by atoms with van der Waals surface area (Å²) in [6, 6.07) is 12.5. The first kappa shape index (κ1) is 17.3. The van der Waals surface area contributed by atoms with Crippen molar-refractivity contribution in [3.8, 4) is 11.5 Å². The molecule has 0 spiro atoms. The maximum absolute atomic E-state index is 12.3. The quantitative estimate of drug-likeness (QED) is 0.790. The van der Waals surface area contributed by atoms with Crippen molar-refractivity contribution in [2.75, 3.05) is 20.3 Å². The molecule has 5 nitrogen and oxygen atoms in total. The number of ether oxygens (including phenoxy) is 2. The van der Waals surface area contributed by atoms with Crippen LogP contribution in [0.2, 0.25) is 0 Å². The molecule has 0 heterocycles. The zero-order chi connectivity index (χ0) is 16.9. The molecule has 0 amide bonds. The van der Waals surface area contributed by atoms with Gasteiger partial charge in [0, 0.05) is 6.54 Å². The highest BCUT2D eigenvalue weighted by atomic mass is 32.2. The van der Waals surface area contributed by atoms with Crippen LogP contribution in [-0.2, 0) is 10.0 Å². The fraction of sp³-hybridized carbons (Fsp3) is 0.294. The molecule has 0 bridgehead atoms. The molecule has 0 saturated carbocycles. The number of aryl methyl sites for hydroxylation is 2. The summed E-state index contributed by atoms with van der Waals surface area (Å²) in [5.41, 5.74) is 1.63. The van der Waals surface area contributed by atoms with E-state index in [4.69, 9.17) is 9.47 Å². The van der Waals surface area contributed by atoms with Gasteiger partial charge in [0.2, 0.25) is 10.0 Å². The first-order valence-electron chi connectivity index (χ1n) is 7.26. The molecule has 0 aromatic heterocycles. The first-order valence-corrected chi connectivity index (χ1v) is 8.74. The van der Waals surface area contributed by atoms with Gasteiger partial charge in [-0.1, -0.05) is 12.1 Å². The summed E-state index contributed by atoms with van der Waals surface area (Å²) >= 11 is 0. The van der Waals surface area contributed by atoms with Gasteiger partial charge in [-0.3, -0.25) is 0 Å². The number of sulfonamides is 1. The lowest BCUT2D eigenvalue weighted by atomic mass is 10.2. The number of hydrogen-bond donors (Lipinski definition) is 1. The molecule has 1 N–H and O–H groups in total. The van der Waals surface area contributed by atoms with Gasteiger partial charge in [-0.05, 0) is 55.3 Å². The van der Waals surface area contributed by atoms with E-state index in [0.29, 0.717) is 10.6 Å². The Morgan fingerprint density at radius 2 is 1.65 bits per heavy atom. The summed E-state index contributed by atoms with van der Waals surface area (Å²) in [4.78, 5) is 0.307. The second kappa shape index (κ2) is 7.48. The Labute approximate surface area is 137 Å². The van der Waals surface area contributed by atoms with Gasteiger partial charge in [-0.25, -0.2) is 13.1 Å². The Morgan fingerprint density at radius 3 is 2.30 bits per heavy atom. The zero-order valence-corrected chi connectivity index (χ0v) is 14.3. The van der Waals surface area contributed by atoms with Gasteiger partial charge in [-0.15, -0.1) is 0 Å². The van der Waals surface area contributed by atoms with Crippen LogP contribution in [0.15, 0.2) is 47.4 Å². The third kappa shape index (κ3) is 4.71. The van der Waals surface area contributed by atoms with Gasteiger partial charge < -0.3 is 9.47 Å². The highest BCUT2D eigenvalue weighted by Crippen LogP contribution is 2.18. The molecule has 0 unspecified atom stereocenters. The van der Waals surface area contributed by atoms with Gasteiger partial charge in [-0.2, -0.15) is 0 Å². The van der Waals surface area contributed by atoms with E-state index in [1.54, 1.807) is 50.4 Å². The van der Waals surface area contributed by atoms with Crippen molar-refractivity contribution in [3.05, 3.63) is 53.6 Å². The summed E-state index contributed by atoms with van der Waals surface area (Å²) in [5.74, 6) is 1.41. The average Bonchev–Trinajstić information content (AvgIpc) is 2.54. The van der Waals surface area contributed by atoms with Crippen LogP contribution in [-0.4, -0.2) is 28.7 Å². The van der Waals surface area contributed by atoms with E-state index >= 15 is 0 Å². The van der Waals surface area contributed by atoms with Crippen molar-refractivity contribution >= 4 is 10.0 Å². The third-order valence-corrected chi connectivity index (χ3v) is 4.96. The van der Waals surface area contributed by atoms with E-state index in [-0.39, 0.29) is 13.2 Å². The van der Waals surface area contributed by atoms with Crippen LogP contribution in [0.1, 0.15) is 11.1 Å². The second-order valence-corrected chi connectivity index (χ2v) is 6.93. The molecule has 0 saturated heterocycles. The third-order valence-electron chi connectivity index (χ3n) is 3.36. The fourth-order valence-corrected chi connectivity index (χ4v) is 3.43. The average molecular weight is 335 g/mol. The standard InChI is InChI=1S/C17H21NO4S/c1-13-4-5-14(2)17(12-13)23(19,20)18-10-11-22-16-8-6-15(21-3)7-9-16/h4-9,12,18H,10-11H2,1-3H3. The van der Waals surface area contributed by atoms with Crippen LogP contribution in [0.25, 0.3) is 0 Å². The molecule has 0 aliphatic carbocycles. The maximum atomic E-state index is 12.3. The van der Waals surface area contributed by atoms with Crippen molar-refractivity contribution < 1.29 is 17.9 Å². The number of rotatable bonds is 7. The molecule has 23 heavy (non-hydrogen) atoms. The molecule has 0 fully saturated rings. The van der Waals surface area contributed by atoms with Crippen molar-refractivity contribution in [1.29, 1.82) is 0 Å². The fourth-order valence-electron chi connectivity index (χ4n) is 2.09. The highest BCUT2D eigenvalue weighted by Gasteiger charge is 2.16. The monoisotopic (exact) mass is 335 g/mol. The van der Waals surface area contributed by atoms with Crippen molar-refractivity contribution in [2.24, 2.45) is 0 Å². The minimum Gasteiger partial charge on any atom is -0.497 e. The van der Waals surface area contributed by atoms with Crippen LogP contribution in [0.3, 0.4) is 0 Å². The molecular weight excluding hydrogens is 314 g/mol. The maximum Gasteiger partial charge on any atom is 0.240 e. The molecule has 0 aliphatic heterocycles. The lowest BCUT2D eigenvalue weighted by Gasteiger charge is -2.11. The number of hydrogen-bond acceptors (Lipinski definition) is 4. The topological polar surface area (TPSA) is 64.6 Å². The molecule has 6 heteroatoms. The van der Waals surface area contributed by atoms with Gasteiger partial charge in [0.1, 0.15) is 18.1 Å². The van der Waals surface area contributed by atoms with Crippen molar-refractivity contribution in [3.63, 3.8) is 0 Å². The summed E-state index contributed by atoms with van der Waals surface area (Å²) in [6.07, 6.45) is 0. The molecule has 0 atom stereocenters.